The van der Waals surface area contributed by atoms with Crippen molar-refractivity contribution in [2.75, 3.05) is 36.0 Å². The average Bonchev–Trinajstić information content (AvgIpc) is 3.22. The summed E-state index contributed by atoms with van der Waals surface area (Å²) in [5.41, 5.74) is 0.0562. The number of hydrogen-bond acceptors (Lipinski definition) is 5. The molecular weight excluding hydrogens is 417 g/mol. The molecule has 0 unspecified atom stereocenters. The third-order valence-electron chi connectivity index (χ3n) is 6.81. The van der Waals surface area contributed by atoms with Crippen LogP contribution in [0.5, 0.6) is 0 Å². The lowest BCUT2D eigenvalue weighted by Crippen LogP contribution is -2.37. The molecule has 0 amide bonds. The SMILES string of the molecule is CC1CCN(c2nc3ncnn3c(N3CCC(C)CC3)c2-c2c(F)cc(F)cc2F)CC1. The molecule has 2 aromatic heterocycles. The van der Waals surface area contributed by atoms with E-state index in [0.29, 0.717) is 34.8 Å². The van der Waals surface area contributed by atoms with Crippen molar-refractivity contribution in [2.45, 2.75) is 39.5 Å². The molecular formula is C23H27F3N6. The van der Waals surface area contributed by atoms with Crippen LogP contribution in [0.4, 0.5) is 24.8 Å². The number of benzene rings is 1. The molecule has 0 bridgehead atoms. The van der Waals surface area contributed by atoms with Gasteiger partial charge in [0, 0.05) is 38.3 Å². The highest BCUT2D eigenvalue weighted by Gasteiger charge is 2.32. The lowest BCUT2D eigenvalue weighted by molar-refractivity contribution is 0.432. The molecule has 0 aliphatic carbocycles. The second-order valence-electron chi connectivity index (χ2n) is 9.19. The van der Waals surface area contributed by atoms with Gasteiger partial charge in [0.1, 0.15) is 35.4 Å². The van der Waals surface area contributed by atoms with Crippen molar-refractivity contribution in [3.63, 3.8) is 0 Å². The minimum atomic E-state index is -0.944. The first kappa shape index (κ1) is 21.0. The van der Waals surface area contributed by atoms with Gasteiger partial charge in [-0.1, -0.05) is 13.8 Å². The van der Waals surface area contributed by atoms with E-state index in [1.54, 1.807) is 4.52 Å². The van der Waals surface area contributed by atoms with E-state index < -0.39 is 17.5 Å². The fourth-order valence-electron chi connectivity index (χ4n) is 4.78. The summed E-state index contributed by atoms with van der Waals surface area (Å²) in [5, 5.41) is 4.34. The van der Waals surface area contributed by atoms with Gasteiger partial charge in [-0.2, -0.15) is 19.6 Å². The quantitative estimate of drug-likeness (QED) is 0.587. The second kappa shape index (κ2) is 8.26. The zero-order valence-corrected chi connectivity index (χ0v) is 18.4. The Morgan fingerprint density at radius 1 is 0.812 bits per heavy atom. The Morgan fingerprint density at radius 3 is 1.97 bits per heavy atom. The summed E-state index contributed by atoms with van der Waals surface area (Å²) in [4.78, 5) is 13.2. The van der Waals surface area contributed by atoms with Crippen LogP contribution < -0.4 is 9.80 Å². The molecule has 2 aliphatic rings. The van der Waals surface area contributed by atoms with Crippen LogP contribution in [-0.2, 0) is 0 Å². The Bertz CT molecular complexity index is 1110. The predicted molar refractivity (Wildman–Crippen MR) is 117 cm³/mol. The fourth-order valence-corrected chi connectivity index (χ4v) is 4.78. The van der Waals surface area contributed by atoms with E-state index in [-0.39, 0.29) is 5.56 Å². The lowest BCUT2D eigenvalue weighted by atomic mass is 9.96. The van der Waals surface area contributed by atoms with Gasteiger partial charge in [-0.15, -0.1) is 0 Å². The molecule has 170 valence electrons. The van der Waals surface area contributed by atoms with Gasteiger partial charge in [0.2, 0.25) is 0 Å². The van der Waals surface area contributed by atoms with Crippen LogP contribution in [0.2, 0.25) is 0 Å². The molecule has 6 nitrogen and oxygen atoms in total. The molecule has 2 aliphatic heterocycles. The summed E-state index contributed by atoms with van der Waals surface area (Å²) in [6.07, 6.45) is 5.25. The summed E-state index contributed by atoms with van der Waals surface area (Å²) in [6, 6.07) is 1.46. The van der Waals surface area contributed by atoms with Crippen molar-refractivity contribution < 1.29 is 13.2 Å². The molecule has 2 saturated heterocycles. The van der Waals surface area contributed by atoms with E-state index in [1.807, 2.05) is 0 Å². The Labute approximate surface area is 185 Å². The maximum absolute atomic E-state index is 15.2. The third-order valence-corrected chi connectivity index (χ3v) is 6.81. The molecule has 0 radical (unpaired) electrons. The van der Waals surface area contributed by atoms with E-state index in [9.17, 15) is 4.39 Å². The van der Waals surface area contributed by atoms with Crippen LogP contribution in [0, 0.1) is 29.3 Å². The first-order valence-corrected chi connectivity index (χ1v) is 11.3. The maximum atomic E-state index is 15.2. The Hall–Kier alpha value is -2.84. The van der Waals surface area contributed by atoms with Crippen molar-refractivity contribution in [3.8, 4) is 11.1 Å². The third kappa shape index (κ3) is 3.67. The van der Waals surface area contributed by atoms with E-state index in [1.165, 1.54) is 6.33 Å². The molecule has 9 heteroatoms. The van der Waals surface area contributed by atoms with E-state index in [0.717, 1.165) is 64.0 Å². The molecule has 2 fully saturated rings. The minimum Gasteiger partial charge on any atom is -0.356 e. The smallest absolute Gasteiger partial charge is 0.256 e. The van der Waals surface area contributed by atoms with Crippen LogP contribution in [0.25, 0.3) is 16.9 Å². The van der Waals surface area contributed by atoms with Gasteiger partial charge in [-0.05, 0) is 37.5 Å². The largest absolute Gasteiger partial charge is 0.356 e. The number of rotatable bonds is 3. The molecule has 0 saturated carbocycles. The van der Waals surface area contributed by atoms with Crippen LogP contribution in [0.3, 0.4) is 0 Å². The highest BCUT2D eigenvalue weighted by molar-refractivity contribution is 5.88. The highest BCUT2D eigenvalue weighted by Crippen LogP contribution is 2.43. The number of hydrogen-bond donors (Lipinski definition) is 0. The van der Waals surface area contributed by atoms with Gasteiger partial charge >= 0.3 is 0 Å². The van der Waals surface area contributed by atoms with Gasteiger partial charge in [-0.25, -0.2) is 13.2 Å². The summed E-state index contributed by atoms with van der Waals surface area (Å²) >= 11 is 0. The van der Waals surface area contributed by atoms with Gasteiger partial charge in [0.25, 0.3) is 5.78 Å². The number of fused-ring (bicyclic) bond motifs is 1. The van der Waals surface area contributed by atoms with E-state index in [4.69, 9.17) is 4.98 Å². The molecule has 0 N–H and O–H groups in total. The fraction of sp³-hybridized carbons (Fsp3) is 0.522. The molecule has 0 atom stereocenters. The van der Waals surface area contributed by atoms with Crippen LogP contribution >= 0.6 is 0 Å². The molecule has 0 spiro atoms. The van der Waals surface area contributed by atoms with Crippen molar-refractivity contribution in [1.29, 1.82) is 0 Å². The summed E-state index contributed by atoms with van der Waals surface area (Å²) in [7, 11) is 0. The zero-order chi connectivity index (χ0) is 22.4. The average molecular weight is 445 g/mol. The molecule has 32 heavy (non-hydrogen) atoms. The summed E-state index contributed by atoms with van der Waals surface area (Å²) in [6.45, 7) is 7.32. The number of nitrogens with zero attached hydrogens (tertiary/aromatic N) is 6. The van der Waals surface area contributed by atoms with Crippen molar-refractivity contribution in [1.82, 2.24) is 19.6 Å². The Balaban J connectivity index is 1.78. The highest BCUT2D eigenvalue weighted by atomic mass is 19.1. The Kier molecular flexibility index (Phi) is 5.43. The topological polar surface area (TPSA) is 49.6 Å². The molecule has 1 aromatic carbocycles. The molecule has 4 heterocycles. The number of anilines is 2. The van der Waals surface area contributed by atoms with Crippen LogP contribution in [0.1, 0.15) is 39.5 Å². The predicted octanol–water partition coefficient (Wildman–Crippen LogP) is 4.68. The Morgan fingerprint density at radius 2 is 1.38 bits per heavy atom. The minimum absolute atomic E-state index is 0.265. The monoisotopic (exact) mass is 444 g/mol. The van der Waals surface area contributed by atoms with Crippen LogP contribution in [0.15, 0.2) is 18.5 Å². The van der Waals surface area contributed by atoms with Crippen LogP contribution in [-0.4, -0.2) is 45.8 Å². The normalized spacial score (nSPS) is 18.7. The van der Waals surface area contributed by atoms with E-state index in [2.05, 4.69) is 33.7 Å². The summed E-state index contributed by atoms with van der Waals surface area (Å²) in [5.74, 6) is -0.241. The first-order chi connectivity index (χ1) is 15.4. The zero-order valence-electron chi connectivity index (χ0n) is 18.4. The van der Waals surface area contributed by atoms with Crippen molar-refractivity contribution in [3.05, 3.63) is 35.9 Å². The van der Waals surface area contributed by atoms with Gasteiger partial charge in [-0.3, -0.25) is 0 Å². The van der Waals surface area contributed by atoms with Crippen molar-refractivity contribution >= 4 is 17.4 Å². The first-order valence-electron chi connectivity index (χ1n) is 11.3. The van der Waals surface area contributed by atoms with Gasteiger partial charge in [0.05, 0.1) is 11.1 Å². The molecule has 3 aromatic rings. The second-order valence-corrected chi connectivity index (χ2v) is 9.19. The lowest BCUT2D eigenvalue weighted by Gasteiger charge is -2.36. The van der Waals surface area contributed by atoms with Crippen molar-refractivity contribution in [2.24, 2.45) is 11.8 Å². The number of piperidine rings is 2. The number of aromatic nitrogens is 4. The van der Waals surface area contributed by atoms with Gasteiger partial charge in [0.15, 0.2) is 0 Å². The summed E-state index contributed by atoms with van der Waals surface area (Å²) < 4.78 is 45.6. The van der Waals surface area contributed by atoms with Gasteiger partial charge < -0.3 is 9.80 Å². The maximum Gasteiger partial charge on any atom is 0.256 e. The molecule has 5 rings (SSSR count). The number of halogens is 3. The van der Waals surface area contributed by atoms with E-state index >= 15 is 8.78 Å². The standard InChI is InChI=1S/C23H27F3N6/c1-14-3-7-30(8-4-14)21-20(19-17(25)11-16(24)12-18(19)26)22(31-9-5-15(2)6-10-31)32-23(29-21)27-13-28-32/h11-15H,3-10H2,1-2H3.